The molecule has 3 aliphatic rings. The molecule has 104 valence electrons. The van der Waals surface area contributed by atoms with E-state index in [0.717, 1.165) is 25.0 Å². The number of fused-ring (bicyclic) bond motifs is 2. The fourth-order valence-electron chi connectivity index (χ4n) is 4.02. The number of rotatable bonds is 6. The van der Waals surface area contributed by atoms with Gasteiger partial charge in [-0.15, -0.1) is 0 Å². The molecule has 0 radical (unpaired) electrons. The van der Waals surface area contributed by atoms with E-state index < -0.39 is 0 Å². The molecule has 3 rings (SSSR count). The second-order valence-electron chi connectivity index (χ2n) is 6.45. The smallest absolute Gasteiger partial charge is 0.0707 e. The summed E-state index contributed by atoms with van der Waals surface area (Å²) < 4.78 is 6.17. The van der Waals surface area contributed by atoms with Crippen molar-refractivity contribution in [2.75, 3.05) is 26.2 Å². The average molecular weight is 252 g/mol. The maximum atomic E-state index is 6.17. The number of hydrogen-bond acceptors (Lipinski definition) is 3. The van der Waals surface area contributed by atoms with Gasteiger partial charge in [-0.3, -0.25) is 4.90 Å². The molecular weight excluding hydrogens is 224 g/mol. The van der Waals surface area contributed by atoms with Gasteiger partial charge in [0.1, 0.15) is 0 Å². The number of hydrogen-bond donors (Lipinski definition) is 1. The van der Waals surface area contributed by atoms with Crippen LogP contribution in [0.1, 0.15) is 45.4 Å². The molecule has 2 bridgehead atoms. The minimum Gasteiger partial charge on any atom is -0.372 e. The Morgan fingerprint density at radius 3 is 2.78 bits per heavy atom. The van der Waals surface area contributed by atoms with Crippen LogP contribution >= 0.6 is 0 Å². The van der Waals surface area contributed by atoms with Crippen molar-refractivity contribution < 1.29 is 4.74 Å². The molecule has 0 aromatic heterocycles. The molecule has 0 amide bonds. The van der Waals surface area contributed by atoms with Gasteiger partial charge in [0.25, 0.3) is 0 Å². The molecule has 0 aromatic carbocycles. The summed E-state index contributed by atoms with van der Waals surface area (Å²) in [6.07, 6.45) is 9.12. The molecule has 2 heterocycles. The van der Waals surface area contributed by atoms with Gasteiger partial charge >= 0.3 is 0 Å². The number of likely N-dealkylation sites (tertiary alicyclic amines) is 1. The van der Waals surface area contributed by atoms with Crippen LogP contribution in [0.15, 0.2) is 0 Å². The fraction of sp³-hybridized carbons (Fsp3) is 1.00. The maximum Gasteiger partial charge on any atom is 0.0707 e. The monoisotopic (exact) mass is 252 g/mol. The molecule has 2 aliphatic heterocycles. The van der Waals surface area contributed by atoms with Crippen molar-refractivity contribution in [3.05, 3.63) is 0 Å². The third-order valence-corrected chi connectivity index (χ3v) is 4.96. The van der Waals surface area contributed by atoms with Crippen LogP contribution in [0.4, 0.5) is 0 Å². The van der Waals surface area contributed by atoms with E-state index in [4.69, 9.17) is 4.74 Å². The van der Waals surface area contributed by atoms with E-state index in [1.165, 1.54) is 51.6 Å². The zero-order valence-electron chi connectivity index (χ0n) is 11.7. The Morgan fingerprint density at radius 2 is 2.06 bits per heavy atom. The van der Waals surface area contributed by atoms with Crippen LogP contribution in [-0.4, -0.2) is 49.3 Å². The van der Waals surface area contributed by atoms with Gasteiger partial charge in [0.2, 0.25) is 0 Å². The van der Waals surface area contributed by atoms with Gasteiger partial charge in [-0.2, -0.15) is 0 Å². The van der Waals surface area contributed by atoms with E-state index in [-0.39, 0.29) is 0 Å². The third-order valence-electron chi connectivity index (χ3n) is 4.96. The summed E-state index contributed by atoms with van der Waals surface area (Å²) in [4.78, 5) is 2.71. The Kier molecular flexibility index (Phi) is 4.22. The van der Waals surface area contributed by atoms with E-state index in [2.05, 4.69) is 17.1 Å². The minimum absolute atomic E-state index is 0.473. The average Bonchev–Trinajstić information content (AvgIpc) is 3.06. The van der Waals surface area contributed by atoms with Gasteiger partial charge in [0, 0.05) is 25.7 Å². The second-order valence-corrected chi connectivity index (χ2v) is 6.45. The number of piperidine rings is 1. The van der Waals surface area contributed by atoms with Crippen molar-refractivity contribution in [3.8, 4) is 0 Å². The summed E-state index contributed by atoms with van der Waals surface area (Å²) >= 11 is 0. The first kappa shape index (κ1) is 12.9. The summed E-state index contributed by atoms with van der Waals surface area (Å²) in [5.41, 5.74) is 0. The van der Waals surface area contributed by atoms with Crippen molar-refractivity contribution in [2.24, 2.45) is 5.92 Å². The number of nitrogens with one attached hydrogen (secondary N) is 1. The number of ether oxygens (including phenoxy) is 1. The fourth-order valence-corrected chi connectivity index (χ4v) is 4.02. The highest BCUT2D eigenvalue weighted by atomic mass is 16.5. The van der Waals surface area contributed by atoms with Crippen LogP contribution in [0.25, 0.3) is 0 Å². The Bertz CT molecular complexity index is 271. The quantitative estimate of drug-likeness (QED) is 0.732. The lowest BCUT2D eigenvalue weighted by atomic mass is 10.1. The van der Waals surface area contributed by atoms with Gasteiger partial charge in [0.15, 0.2) is 0 Å². The van der Waals surface area contributed by atoms with Crippen LogP contribution in [0.5, 0.6) is 0 Å². The van der Waals surface area contributed by atoms with Crippen molar-refractivity contribution >= 4 is 0 Å². The summed E-state index contributed by atoms with van der Waals surface area (Å²) in [6.45, 7) is 6.94. The number of nitrogens with zero attached hydrogens (tertiary/aromatic N) is 1. The topological polar surface area (TPSA) is 24.5 Å². The Hall–Kier alpha value is -0.120. The summed E-state index contributed by atoms with van der Waals surface area (Å²) in [7, 11) is 0. The van der Waals surface area contributed by atoms with E-state index in [1.807, 2.05) is 0 Å². The standard InChI is InChI=1S/C15H28N2O/c1-2-7-16-9-14-5-6-15(18-14)11-17-10-12-3-4-13(17)8-12/h12-16H,2-11H2,1H3. The molecule has 4 atom stereocenters. The molecule has 1 saturated carbocycles. The van der Waals surface area contributed by atoms with Crippen LogP contribution in [0.2, 0.25) is 0 Å². The van der Waals surface area contributed by atoms with E-state index in [1.54, 1.807) is 0 Å². The molecule has 0 spiro atoms. The zero-order valence-corrected chi connectivity index (χ0v) is 11.7. The first-order valence-electron chi connectivity index (χ1n) is 7.95. The minimum atomic E-state index is 0.473. The van der Waals surface area contributed by atoms with Gasteiger partial charge in [-0.1, -0.05) is 6.92 Å². The lowest BCUT2D eigenvalue weighted by molar-refractivity contribution is 0.0175. The lowest BCUT2D eigenvalue weighted by Gasteiger charge is -2.29. The summed E-state index contributed by atoms with van der Waals surface area (Å²) in [5.74, 6) is 1.01. The zero-order chi connectivity index (χ0) is 12.4. The molecule has 2 saturated heterocycles. The Morgan fingerprint density at radius 1 is 1.17 bits per heavy atom. The van der Waals surface area contributed by atoms with Crippen LogP contribution in [0.3, 0.4) is 0 Å². The van der Waals surface area contributed by atoms with Crippen LogP contribution < -0.4 is 5.32 Å². The van der Waals surface area contributed by atoms with Crippen molar-refractivity contribution in [3.63, 3.8) is 0 Å². The van der Waals surface area contributed by atoms with E-state index in [9.17, 15) is 0 Å². The van der Waals surface area contributed by atoms with Gasteiger partial charge in [0.05, 0.1) is 12.2 Å². The maximum absolute atomic E-state index is 6.17. The second kappa shape index (κ2) is 5.89. The molecule has 3 nitrogen and oxygen atoms in total. The predicted octanol–water partition coefficient (Wildman–Crippen LogP) is 2.02. The SMILES string of the molecule is CCCNCC1CCC(CN2CC3CCC2C3)O1. The molecule has 18 heavy (non-hydrogen) atoms. The predicted molar refractivity (Wildman–Crippen MR) is 73.8 cm³/mol. The largest absolute Gasteiger partial charge is 0.372 e. The van der Waals surface area contributed by atoms with Crippen molar-refractivity contribution in [2.45, 2.75) is 63.7 Å². The lowest BCUT2D eigenvalue weighted by Crippen LogP contribution is -2.38. The third kappa shape index (κ3) is 2.89. The van der Waals surface area contributed by atoms with Crippen LogP contribution in [0, 0.1) is 5.92 Å². The highest BCUT2D eigenvalue weighted by Gasteiger charge is 2.39. The summed E-state index contributed by atoms with van der Waals surface area (Å²) in [5, 5.41) is 3.48. The van der Waals surface area contributed by atoms with E-state index >= 15 is 0 Å². The van der Waals surface area contributed by atoms with Gasteiger partial charge in [-0.25, -0.2) is 0 Å². The first-order chi connectivity index (χ1) is 8.85. The normalized spacial score (nSPS) is 39.8. The Labute approximate surface area is 111 Å². The molecule has 3 heteroatoms. The first-order valence-corrected chi connectivity index (χ1v) is 7.95. The van der Waals surface area contributed by atoms with Gasteiger partial charge in [-0.05, 0) is 51.0 Å². The van der Waals surface area contributed by atoms with Crippen molar-refractivity contribution in [1.82, 2.24) is 10.2 Å². The molecule has 1 N–H and O–H groups in total. The Balaban J connectivity index is 1.37. The highest BCUT2D eigenvalue weighted by molar-refractivity contribution is 4.93. The molecular formula is C15H28N2O. The van der Waals surface area contributed by atoms with E-state index in [0.29, 0.717) is 12.2 Å². The van der Waals surface area contributed by atoms with Crippen molar-refractivity contribution in [1.29, 1.82) is 0 Å². The molecule has 1 aliphatic carbocycles. The molecule has 0 aromatic rings. The highest BCUT2D eigenvalue weighted by Crippen LogP contribution is 2.38. The van der Waals surface area contributed by atoms with Crippen LogP contribution in [-0.2, 0) is 4.74 Å². The molecule has 4 unspecified atom stereocenters. The van der Waals surface area contributed by atoms with Gasteiger partial charge < -0.3 is 10.1 Å². The molecule has 3 fully saturated rings. The summed E-state index contributed by atoms with van der Waals surface area (Å²) in [6, 6.07) is 0.899.